The Bertz CT molecular complexity index is 3590. The van der Waals surface area contributed by atoms with E-state index >= 15 is 0 Å². The van der Waals surface area contributed by atoms with Crippen molar-refractivity contribution in [3.05, 3.63) is 280 Å². The van der Waals surface area contributed by atoms with Gasteiger partial charge in [-0.1, -0.05) is 140 Å². The van der Waals surface area contributed by atoms with Crippen molar-refractivity contribution in [3.63, 3.8) is 0 Å². The summed E-state index contributed by atoms with van der Waals surface area (Å²) in [4.78, 5) is 108. The number of ketones is 4. The lowest BCUT2D eigenvalue weighted by Crippen LogP contribution is -2.33. The Kier molecular flexibility index (Phi) is 23.3. The number of ether oxygens (including phenoxy) is 2. The number of nitrogens with two attached hydrogens (primary N) is 3. The monoisotopic (exact) mass is 1150 g/mol. The third-order valence-corrected chi connectivity index (χ3v) is 12.9. The Hall–Kier alpha value is -11.5. The van der Waals surface area contributed by atoms with Gasteiger partial charge in [0, 0.05) is 116 Å². The molecule has 434 valence electrons. The molecule has 9 rings (SSSR count). The van der Waals surface area contributed by atoms with Gasteiger partial charge in [0.15, 0.2) is 17.3 Å². The van der Waals surface area contributed by atoms with Gasteiger partial charge in [-0.05, 0) is 81.4 Å². The van der Waals surface area contributed by atoms with E-state index in [0.29, 0.717) is 45.9 Å². The van der Waals surface area contributed by atoms with Gasteiger partial charge in [0.2, 0.25) is 5.78 Å². The van der Waals surface area contributed by atoms with Crippen molar-refractivity contribution in [1.82, 2.24) is 30.9 Å². The summed E-state index contributed by atoms with van der Waals surface area (Å²) in [5.74, 6) is -2.97. The van der Waals surface area contributed by atoms with Crippen molar-refractivity contribution in [2.45, 2.75) is 51.9 Å². The second-order valence-corrected chi connectivity index (χ2v) is 19.2. The smallest absolute Gasteiger partial charge is 0.407 e. The van der Waals surface area contributed by atoms with Crippen molar-refractivity contribution in [3.8, 4) is 5.75 Å². The Morgan fingerprint density at radius 2 is 0.756 bits per heavy atom. The molecule has 3 aromatic heterocycles. The van der Waals surface area contributed by atoms with E-state index in [9.17, 15) is 38.4 Å². The van der Waals surface area contributed by atoms with E-state index < -0.39 is 29.7 Å². The third kappa shape index (κ3) is 20.2. The number of para-hydroxylation sites is 3. The number of carbonyl (C=O) groups is 8. The number of nitrogens with zero attached hydrogens (tertiary/aromatic N) is 3. The minimum atomic E-state index is -1.02. The summed E-state index contributed by atoms with van der Waals surface area (Å²) in [6.45, 7) is 0.806. The predicted molar refractivity (Wildman–Crippen MR) is 324 cm³/mol. The zero-order chi connectivity index (χ0) is 61.0. The number of alkyl carbamates (subject to hydrolysis) is 1. The number of benzene rings is 6. The fourth-order valence-electron chi connectivity index (χ4n) is 8.06. The molecule has 6 aromatic carbocycles. The lowest BCUT2D eigenvalue weighted by atomic mass is 10.0. The summed E-state index contributed by atoms with van der Waals surface area (Å²) < 4.78 is 10.0. The van der Waals surface area contributed by atoms with Crippen LogP contribution in [0.2, 0.25) is 0 Å². The average Bonchev–Trinajstić information content (AvgIpc) is 3.73. The maximum atomic E-state index is 12.4. The van der Waals surface area contributed by atoms with Crippen LogP contribution in [-0.2, 0) is 75.8 Å². The molecule has 19 heteroatoms. The number of carbonyl (C=O) groups excluding carboxylic acids is 8. The topological polar surface area (TPSA) is 308 Å². The normalized spacial score (nSPS) is 10.3. The highest BCUT2D eigenvalue weighted by molar-refractivity contribution is 6.36. The third-order valence-electron chi connectivity index (χ3n) is 12.9. The first-order chi connectivity index (χ1) is 41.7. The molecule has 0 fully saturated rings. The number of amides is 3. The Morgan fingerprint density at radius 1 is 0.372 bits per heavy atom. The standard InChI is InChI=1S/C23H21N3O3.C22H19N3O4.C22H21N3O3/c24-20-6-2-1-5-19(20)13-21(27)18-9-7-16(8-10-18)15-26-23(29)22(28)12-17-4-3-11-25-14-17;23-19-6-2-1-4-17(19)12-20(26)16-9-7-15(8-10-16)13-25-21(27)22(28)29-18-5-3-11-24-14-18;23-20-6-2-1-5-19(20)12-21(26)18-9-7-16(8-10-18)14-25-22(27)28-15-17-4-3-11-24-13-17/h1-11,14H,12-13,15,24H2,(H,26,29);1-11,14H,12-13,23H2,(H,25,27);1-11,13H,12,14-15,23H2,(H,25,27). The molecule has 3 amide bonds. The first kappa shape index (κ1) is 62.1. The second kappa shape index (κ2) is 32.2. The predicted octanol–water partition coefficient (Wildman–Crippen LogP) is 8.34. The molecule has 0 radical (unpaired) electrons. The van der Waals surface area contributed by atoms with Crippen molar-refractivity contribution in [2.24, 2.45) is 0 Å². The summed E-state index contributed by atoms with van der Waals surface area (Å²) in [6.07, 6.45) is 9.53. The van der Waals surface area contributed by atoms with Crippen LogP contribution in [0.3, 0.4) is 0 Å². The number of nitrogen functional groups attached to an aromatic ring is 3. The number of pyridine rings is 3. The highest BCUT2D eigenvalue weighted by atomic mass is 16.5. The number of esters is 1. The van der Waals surface area contributed by atoms with Crippen LogP contribution in [0, 0.1) is 0 Å². The number of aromatic nitrogens is 3. The molecule has 0 saturated carbocycles. The van der Waals surface area contributed by atoms with Crippen molar-refractivity contribution < 1.29 is 47.8 Å². The van der Waals surface area contributed by atoms with Gasteiger partial charge in [0.05, 0.1) is 6.20 Å². The Balaban J connectivity index is 0.000000185. The van der Waals surface area contributed by atoms with Gasteiger partial charge in [0.25, 0.3) is 5.91 Å². The molecular weight excluding hydrogens is 1090 g/mol. The largest absolute Gasteiger partial charge is 0.445 e. The zero-order valence-electron chi connectivity index (χ0n) is 46.6. The van der Waals surface area contributed by atoms with Crippen LogP contribution in [-0.4, -0.2) is 62.0 Å². The van der Waals surface area contributed by atoms with Crippen LogP contribution in [0.1, 0.15) is 75.6 Å². The van der Waals surface area contributed by atoms with Gasteiger partial charge in [-0.15, -0.1) is 0 Å². The number of nitrogens with one attached hydrogen (secondary N) is 3. The second-order valence-electron chi connectivity index (χ2n) is 19.2. The maximum absolute atomic E-state index is 12.4. The fraction of sp³-hybridized carbons (Fsp3) is 0.119. The number of hydrogen-bond donors (Lipinski definition) is 6. The van der Waals surface area contributed by atoms with Gasteiger partial charge in [0.1, 0.15) is 12.4 Å². The SMILES string of the molecule is Nc1ccccc1CC(=O)c1ccc(CNC(=O)C(=O)Cc2cccnc2)cc1.Nc1ccccc1CC(=O)c1ccc(CNC(=O)C(=O)Oc2cccnc2)cc1.Nc1ccccc1CC(=O)c1ccc(CNC(=O)OCc2cccnc2)cc1. The zero-order valence-corrected chi connectivity index (χ0v) is 46.6. The summed E-state index contributed by atoms with van der Waals surface area (Å²) >= 11 is 0. The summed E-state index contributed by atoms with van der Waals surface area (Å²) in [6, 6.07) is 52.9. The molecule has 9 N–H and O–H groups in total. The number of rotatable bonds is 21. The number of hydrogen-bond acceptors (Lipinski definition) is 16. The first-order valence-electron chi connectivity index (χ1n) is 26.9. The summed E-state index contributed by atoms with van der Waals surface area (Å²) in [5, 5.41) is 7.77. The first-order valence-corrected chi connectivity index (χ1v) is 26.9. The molecular formula is C67H61N9O10. The van der Waals surface area contributed by atoms with E-state index in [0.717, 1.165) is 38.9 Å². The highest BCUT2D eigenvalue weighted by Gasteiger charge is 2.18. The van der Waals surface area contributed by atoms with Gasteiger partial charge >= 0.3 is 18.0 Å². The van der Waals surface area contributed by atoms with Crippen LogP contribution >= 0.6 is 0 Å². The van der Waals surface area contributed by atoms with E-state index in [4.69, 9.17) is 26.7 Å². The van der Waals surface area contributed by atoms with Crippen LogP contribution in [0.5, 0.6) is 5.75 Å². The number of Topliss-reactive ketones (excluding diaryl/α,β-unsaturated/α-hetero) is 4. The summed E-state index contributed by atoms with van der Waals surface area (Å²) in [5.41, 5.74) is 27.5. The molecule has 0 spiro atoms. The Morgan fingerprint density at radius 3 is 1.15 bits per heavy atom. The molecule has 0 bridgehead atoms. The lowest BCUT2D eigenvalue weighted by molar-refractivity contribution is -0.148. The number of anilines is 3. The molecule has 19 nitrogen and oxygen atoms in total. The van der Waals surface area contributed by atoms with Crippen molar-refractivity contribution >= 4 is 64.1 Å². The summed E-state index contributed by atoms with van der Waals surface area (Å²) in [7, 11) is 0. The van der Waals surface area contributed by atoms with E-state index in [-0.39, 0.29) is 68.5 Å². The van der Waals surface area contributed by atoms with E-state index in [1.54, 1.807) is 128 Å². The van der Waals surface area contributed by atoms with E-state index in [1.807, 2.05) is 72.8 Å². The van der Waals surface area contributed by atoms with Crippen LogP contribution < -0.4 is 37.9 Å². The molecule has 0 saturated heterocycles. The van der Waals surface area contributed by atoms with Crippen LogP contribution in [0.4, 0.5) is 21.9 Å². The minimum Gasteiger partial charge on any atom is -0.445 e. The average molecular weight is 1150 g/mol. The lowest BCUT2D eigenvalue weighted by Gasteiger charge is -2.08. The fourth-order valence-corrected chi connectivity index (χ4v) is 8.06. The van der Waals surface area contributed by atoms with Gasteiger partial charge in [-0.25, -0.2) is 9.59 Å². The minimum absolute atomic E-state index is 0.00621. The molecule has 3 heterocycles. The van der Waals surface area contributed by atoms with Crippen molar-refractivity contribution in [2.75, 3.05) is 17.2 Å². The molecule has 0 unspecified atom stereocenters. The molecule has 0 aliphatic heterocycles. The van der Waals surface area contributed by atoms with E-state index in [2.05, 4.69) is 30.9 Å². The van der Waals surface area contributed by atoms with Gasteiger partial charge < -0.3 is 42.6 Å². The molecule has 0 atom stereocenters. The van der Waals surface area contributed by atoms with Crippen molar-refractivity contribution in [1.29, 1.82) is 0 Å². The highest BCUT2D eigenvalue weighted by Crippen LogP contribution is 2.18. The van der Waals surface area contributed by atoms with Gasteiger partial charge in [-0.3, -0.25) is 43.7 Å². The Labute approximate surface area is 496 Å². The molecule has 0 aliphatic rings. The van der Waals surface area contributed by atoms with Crippen LogP contribution in [0.15, 0.2) is 219 Å². The quantitative estimate of drug-likeness (QED) is 0.0170. The molecule has 0 aliphatic carbocycles. The molecule has 86 heavy (non-hydrogen) atoms. The molecule has 9 aromatic rings. The van der Waals surface area contributed by atoms with E-state index in [1.165, 1.54) is 18.5 Å². The maximum Gasteiger partial charge on any atom is 0.407 e. The van der Waals surface area contributed by atoms with Crippen LogP contribution in [0.25, 0.3) is 0 Å². The van der Waals surface area contributed by atoms with Gasteiger partial charge in [-0.2, -0.15) is 0 Å².